The van der Waals surface area contributed by atoms with Crippen LogP contribution in [0.25, 0.3) is 0 Å². The highest BCUT2D eigenvalue weighted by Gasteiger charge is 2.26. The van der Waals surface area contributed by atoms with Gasteiger partial charge in [0.05, 0.1) is 0 Å². The number of anilines is 1. The van der Waals surface area contributed by atoms with E-state index in [1.807, 2.05) is 23.1 Å². The van der Waals surface area contributed by atoms with Crippen LogP contribution in [-0.4, -0.2) is 41.0 Å². The topological polar surface area (TPSA) is 57.6 Å². The molecular weight excluding hydrogens is 250 g/mol. The van der Waals surface area contributed by atoms with Crippen LogP contribution in [0.3, 0.4) is 0 Å². The van der Waals surface area contributed by atoms with E-state index in [9.17, 15) is 9.59 Å². The van der Waals surface area contributed by atoms with Gasteiger partial charge in [0, 0.05) is 30.1 Å². The van der Waals surface area contributed by atoms with Crippen LogP contribution in [0, 0.1) is 0 Å². The summed E-state index contributed by atoms with van der Waals surface area (Å²) in [6.45, 7) is 2.84. The Morgan fingerprint density at radius 3 is 2.89 bits per heavy atom. The molecule has 0 amide bonds. The first-order chi connectivity index (χ1) is 8.58. The number of aliphatic carboxylic acids is 1. The molecule has 5 heteroatoms. The lowest BCUT2D eigenvalue weighted by Crippen LogP contribution is -2.41. The van der Waals surface area contributed by atoms with Crippen molar-refractivity contribution in [2.24, 2.45) is 0 Å². The van der Waals surface area contributed by atoms with E-state index in [1.54, 1.807) is 6.07 Å². The number of thioether (sulfide) groups is 1. The van der Waals surface area contributed by atoms with Crippen LogP contribution < -0.4 is 4.90 Å². The zero-order valence-electron chi connectivity index (χ0n) is 10.1. The molecular formula is C13H15NO3S. The molecule has 0 bridgehead atoms. The van der Waals surface area contributed by atoms with Gasteiger partial charge in [-0.2, -0.15) is 0 Å². The Kier molecular flexibility index (Phi) is 3.91. The number of benzene rings is 1. The maximum absolute atomic E-state index is 11.3. The van der Waals surface area contributed by atoms with Crippen molar-refractivity contribution in [3.05, 3.63) is 29.8 Å². The van der Waals surface area contributed by atoms with Gasteiger partial charge >= 0.3 is 5.97 Å². The Hall–Kier alpha value is -1.49. The van der Waals surface area contributed by atoms with Crippen LogP contribution >= 0.6 is 11.8 Å². The summed E-state index contributed by atoms with van der Waals surface area (Å²) in [7, 11) is 0. The number of carbonyl (C=O) groups is 2. The van der Waals surface area contributed by atoms with Crippen molar-refractivity contribution >= 4 is 29.2 Å². The fourth-order valence-electron chi connectivity index (χ4n) is 1.95. The van der Waals surface area contributed by atoms with E-state index in [2.05, 4.69) is 0 Å². The number of hydrogen-bond acceptors (Lipinski definition) is 4. The Bertz CT molecular complexity index is 475. The molecule has 0 radical (unpaired) electrons. The van der Waals surface area contributed by atoms with E-state index >= 15 is 0 Å². The number of carboxylic acid groups (broad SMARTS) is 1. The fourth-order valence-corrected chi connectivity index (χ4v) is 2.99. The van der Waals surface area contributed by atoms with Gasteiger partial charge < -0.3 is 10.0 Å². The Morgan fingerprint density at radius 2 is 2.22 bits per heavy atom. The smallest absolute Gasteiger partial charge is 0.318 e. The number of carbonyl (C=O) groups excluding carboxylic acids is 1. The molecule has 1 aromatic rings. The molecule has 1 unspecified atom stereocenters. The summed E-state index contributed by atoms with van der Waals surface area (Å²) in [5, 5.41) is 8.65. The summed E-state index contributed by atoms with van der Waals surface area (Å²) in [4.78, 5) is 24.4. The Balaban J connectivity index is 2.18. The predicted octanol–water partition coefficient (Wildman–Crippen LogP) is 1.90. The van der Waals surface area contributed by atoms with Crippen molar-refractivity contribution in [1.29, 1.82) is 0 Å². The number of nitrogens with zero attached hydrogens (tertiary/aromatic N) is 1. The number of ketones is 1. The van der Waals surface area contributed by atoms with Crippen LogP contribution in [0.5, 0.6) is 0 Å². The minimum absolute atomic E-state index is 0.0259. The third kappa shape index (κ3) is 2.85. The van der Waals surface area contributed by atoms with E-state index in [0.717, 1.165) is 18.0 Å². The zero-order chi connectivity index (χ0) is 13.1. The molecule has 96 valence electrons. The van der Waals surface area contributed by atoms with Crippen LogP contribution in [-0.2, 0) is 4.79 Å². The molecule has 4 nitrogen and oxygen atoms in total. The van der Waals surface area contributed by atoms with E-state index in [1.165, 1.54) is 18.7 Å². The van der Waals surface area contributed by atoms with Crippen molar-refractivity contribution in [3.8, 4) is 0 Å². The van der Waals surface area contributed by atoms with E-state index in [-0.39, 0.29) is 11.0 Å². The first-order valence-electron chi connectivity index (χ1n) is 5.78. The second-order valence-electron chi connectivity index (χ2n) is 4.25. The van der Waals surface area contributed by atoms with Gasteiger partial charge in [-0.3, -0.25) is 9.59 Å². The first-order valence-corrected chi connectivity index (χ1v) is 6.83. The van der Waals surface area contributed by atoms with Gasteiger partial charge in [0.2, 0.25) is 0 Å². The van der Waals surface area contributed by atoms with Crippen molar-refractivity contribution in [2.75, 3.05) is 23.7 Å². The molecule has 0 aromatic heterocycles. The molecule has 2 rings (SSSR count). The largest absolute Gasteiger partial charge is 0.480 e. The van der Waals surface area contributed by atoms with Crippen molar-refractivity contribution < 1.29 is 14.7 Å². The van der Waals surface area contributed by atoms with Gasteiger partial charge in [-0.05, 0) is 19.1 Å². The molecule has 1 aromatic carbocycles. The maximum atomic E-state index is 11.3. The van der Waals surface area contributed by atoms with Gasteiger partial charge in [0.1, 0.15) is 5.25 Å². The van der Waals surface area contributed by atoms with Gasteiger partial charge in [0.15, 0.2) is 5.78 Å². The third-order valence-electron chi connectivity index (χ3n) is 2.96. The summed E-state index contributed by atoms with van der Waals surface area (Å²) in [6, 6.07) is 7.36. The van der Waals surface area contributed by atoms with E-state index in [0.29, 0.717) is 12.1 Å². The third-order valence-corrected chi connectivity index (χ3v) is 4.13. The van der Waals surface area contributed by atoms with Crippen LogP contribution in [0.1, 0.15) is 17.3 Å². The lowest BCUT2D eigenvalue weighted by Gasteiger charge is -2.32. The molecule has 1 N–H and O–H groups in total. The average molecular weight is 265 g/mol. The highest BCUT2D eigenvalue weighted by Crippen LogP contribution is 2.25. The molecule has 1 atom stereocenters. The number of Topliss-reactive ketones (excluding diaryl/α,β-unsaturated/α-hetero) is 1. The summed E-state index contributed by atoms with van der Waals surface area (Å²) < 4.78 is 0. The van der Waals surface area contributed by atoms with Crippen molar-refractivity contribution in [1.82, 2.24) is 0 Å². The molecule has 1 aliphatic rings. The summed E-state index contributed by atoms with van der Waals surface area (Å²) in [6.07, 6.45) is 0. The molecule has 0 aliphatic carbocycles. The van der Waals surface area contributed by atoms with Gasteiger partial charge in [0.25, 0.3) is 0 Å². The first kappa shape index (κ1) is 13.0. The maximum Gasteiger partial charge on any atom is 0.318 e. The molecule has 1 saturated heterocycles. The van der Waals surface area contributed by atoms with Crippen LogP contribution in [0.15, 0.2) is 24.3 Å². The summed E-state index contributed by atoms with van der Waals surface area (Å²) in [5.74, 6) is 0.0480. The lowest BCUT2D eigenvalue weighted by molar-refractivity contribution is -0.136. The molecule has 1 heterocycles. The Labute approximate surface area is 110 Å². The fraction of sp³-hybridized carbons (Fsp3) is 0.385. The SMILES string of the molecule is CC(=O)c1cccc(N2CCSC(C(=O)O)C2)c1. The monoisotopic (exact) mass is 265 g/mol. The molecule has 1 aliphatic heterocycles. The van der Waals surface area contributed by atoms with E-state index in [4.69, 9.17) is 5.11 Å². The minimum atomic E-state index is -0.771. The molecule has 0 saturated carbocycles. The summed E-state index contributed by atoms with van der Waals surface area (Å²) >= 11 is 1.47. The molecule has 1 fully saturated rings. The van der Waals surface area contributed by atoms with Gasteiger partial charge in [-0.1, -0.05) is 12.1 Å². The lowest BCUT2D eigenvalue weighted by atomic mass is 10.1. The molecule has 18 heavy (non-hydrogen) atoms. The van der Waals surface area contributed by atoms with Gasteiger partial charge in [-0.25, -0.2) is 0 Å². The number of rotatable bonds is 3. The quantitative estimate of drug-likeness (QED) is 0.846. The Morgan fingerprint density at radius 1 is 1.44 bits per heavy atom. The zero-order valence-corrected chi connectivity index (χ0v) is 10.9. The predicted molar refractivity (Wildman–Crippen MR) is 72.5 cm³/mol. The van der Waals surface area contributed by atoms with Crippen LogP contribution in [0.4, 0.5) is 5.69 Å². The summed E-state index contributed by atoms with van der Waals surface area (Å²) in [5.41, 5.74) is 1.59. The second kappa shape index (κ2) is 5.44. The van der Waals surface area contributed by atoms with Gasteiger partial charge in [-0.15, -0.1) is 11.8 Å². The highest BCUT2D eigenvalue weighted by atomic mass is 32.2. The number of hydrogen-bond donors (Lipinski definition) is 1. The normalized spacial score (nSPS) is 19.6. The highest BCUT2D eigenvalue weighted by molar-refractivity contribution is 8.00. The van der Waals surface area contributed by atoms with Crippen LogP contribution in [0.2, 0.25) is 0 Å². The average Bonchev–Trinajstić information content (AvgIpc) is 2.39. The second-order valence-corrected chi connectivity index (χ2v) is 5.56. The number of carboxylic acids is 1. The standard InChI is InChI=1S/C13H15NO3S/c1-9(15)10-3-2-4-11(7-10)14-5-6-18-12(8-14)13(16)17/h2-4,7,12H,5-6,8H2,1H3,(H,16,17). The van der Waals surface area contributed by atoms with E-state index < -0.39 is 5.97 Å². The van der Waals surface area contributed by atoms with Crippen molar-refractivity contribution in [3.63, 3.8) is 0 Å². The minimum Gasteiger partial charge on any atom is -0.480 e. The van der Waals surface area contributed by atoms with Crippen molar-refractivity contribution in [2.45, 2.75) is 12.2 Å². The molecule has 0 spiro atoms.